The Bertz CT molecular complexity index is 348. The molecular weight excluding hydrogens is 248 g/mol. The second kappa shape index (κ2) is 6.23. The Morgan fingerprint density at radius 1 is 1.37 bits per heavy atom. The second-order valence-electron chi connectivity index (χ2n) is 5.35. The molecule has 3 atom stereocenters. The van der Waals surface area contributed by atoms with E-state index in [0.717, 1.165) is 25.9 Å². The lowest BCUT2D eigenvalue weighted by atomic mass is 10.0. The first kappa shape index (κ1) is 14.1. The van der Waals surface area contributed by atoms with Gasteiger partial charge < -0.3 is 20.1 Å². The van der Waals surface area contributed by atoms with Crippen LogP contribution in [0.3, 0.4) is 0 Å². The molecule has 3 unspecified atom stereocenters. The van der Waals surface area contributed by atoms with Crippen LogP contribution in [0, 0.1) is 5.92 Å². The van der Waals surface area contributed by atoms with Crippen LogP contribution in [0.5, 0.6) is 0 Å². The fourth-order valence-corrected chi connectivity index (χ4v) is 2.80. The number of nitrogens with one attached hydrogen (secondary N) is 1. The van der Waals surface area contributed by atoms with E-state index in [-0.39, 0.29) is 12.1 Å². The summed E-state index contributed by atoms with van der Waals surface area (Å²) in [6, 6.07) is -0.933. The van der Waals surface area contributed by atoms with Gasteiger partial charge in [-0.15, -0.1) is 0 Å². The van der Waals surface area contributed by atoms with E-state index in [4.69, 9.17) is 9.84 Å². The molecule has 2 heterocycles. The van der Waals surface area contributed by atoms with Crippen molar-refractivity contribution in [2.75, 3.05) is 19.7 Å². The number of hydrogen-bond acceptors (Lipinski definition) is 3. The standard InChI is InChI=1S/C13H22N2O4/c1-9-10(5-7-19-9)8-14-13(18)15-6-3-2-4-11(15)12(16)17/h9-11H,2-8H2,1H3,(H,14,18)(H,16,17). The summed E-state index contributed by atoms with van der Waals surface area (Å²) in [4.78, 5) is 24.7. The Labute approximate surface area is 113 Å². The van der Waals surface area contributed by atoms with Crippen molar-refractivity contribution in [3.8, 4) is 0 Å². The molecule has 2 N–H and O–H groups in total. The van der Waals surface area contributed by atoms with Crippen LogP contribution in [0.1, 0.15) is 32.6 Å². The number of carboxylic acids is 1. The van der Waals surface area contributed by atoms with Gasteiger partial charge in [0.15, 0.2) is 0 Å². The number of hydrogen-bond donors (Lipinski definition) is 2. The molecule has 6 nitrogen and oxygen atoms in total. The number of carbonyl (C=O) groups is 2. The minimum atomic E-state index is -0.910. The summed E-state index contributed by atoms with van der Waals surface area (Å²) in [5.41, 5.74) is 0. The Morgan fingerprint density at radius 3 is 2.79 bits per heavy atom. The first-order valence-electron chi connectivity index (χ1n) is 6.98. The summed E-state index contributed by atoms with van der Waals surface area (Å²) >= 11 is 0. The van der Waals surface area contributed by atoms with Crippen molar-refractivity contribution in [1.29, 1.82) is 0 Å². The zero-order valence-electron chi connectivity index (χ0n) is 11.3. The van der Waals surface area contributed by atoms with E-state index in [1.54, 1.807) is 0 Å². The molecule has 0 saturated carbocycles. The number of rotatable bonds is 3. The number of nitrogens with zero attached hydrogens (tertiary/aromatic N) is 1. The summed E-state index contributed by atoms with van der Waals surface area (Å²) in [6.07, 6.45) is 3.40. The number of amides is 2. The molecular formula is C13H22N2O4. The maximum atomic E-state index is 12.1. The summed E-state index contributed by atoms with van der Waals surface area (Å²) in [5, 5.41) is 12.0. The summed E-state index contributed by atoms with van der Waals surface area (Å²) in [6.45, 7) is 3.83. The van der Waals surface area contributed by atoms with Gasteiger partial charge in [0.1, 0.15) is 6.04 Å². The number of carboxylic acid groups (broad SMARTS) is 1. The average Bonchev–Trinajstić information content (AvgIpc) is 2.81. The molecule has 108 valence electrons. The molecule has 2 aliphatic rings. The van der Waals surface area contributed by atoms with Gasteiger partial charge in [0.05, 0.1) is 6.10 Å². The van der Waals surface area contributed by atoms with E-state index < -0.39 is 12.0 Å². The van der Waals surface area contributed by atoms with E-state index in [0.29, 0.717) is 25.4 Å². The zero-order chi connectivity index (χ0) is 13.8. The Kier molecular flexibility index (Phi) is 4.63. The highest BCUT2D eigenvalue weighted by atomic mass is 16.5. The highest BCUT2D eigenvalue weighted by Crippen LogP contribution is 2.20. The lowest BCUT2D eigenvalue weighted by Crippen LogP contribution is -2.52. The fraction of sp³-hybridized carbons (Fsp3) is 0.846. The van der Waals surface area contributed by atoms with Crippen molar-refractivity contribution in [3.05, 3.63) is 0 Å². The first-order chi connectivity index (χ1) is 9.09. The van der Waals surface area contributed by atoms with Gasteiger partial charge in [-0.3, -0.25) is 0 Å². The number of urea groups is 1. The third-order valence-electron chi connectivity index (χ3n) is 4.10. The number of aliphatic carboxylic acids is 1. The van der Waals surface area contributed by atoms with Crippen molar-refractivity contribution < 1.29 is 19.4 Å². The molecule has 0 aromatic heterocycles. The lowest BCUT2D eigenvalue weighted by molar-refractivity contribution is -0.143. The smallest absolute Gasteiger partial charge is 0.326 e. The van der Waals surface area contributed by atoms with Crippen molar-refractivity contribution in [1.82, 2.24) is 10.2 Å². The Balaban J connectivity index is 1.85. The predicted octanol–water partition coefficient (Wildman–Crippen LogP) is 1.06. The summed E-state index contributed by atoms with van der Waals surface area (Å²) in [5.74, 6) is -0.579. The van der Waals surface area contributed by atoms with E-state index in [9.17, 15) is 9.59 Å². The van der Waals surface area contributed by atoms with Gasteiger partial charge in [-0.1, -0.05) is 0 Å². The molecule has 19 heavy (non-hydrogen) atoms. The molecule has 2 amide bonds. The monoisotopic (exact) mass is 270 g/mol. The van der Waals surface area contributed by atoms with Crippen LogP contribution in [0.25, 0.3) is 0 Å². The molecule has 2 saturated heterocycles. The number of piperidine rings is 1. The van der Waals surface area contributed by atoms with Crippen molar-refractivity contribution >= 4 is 12.0 Å². The molecule has 6 heteroatoms. The van der Waals surface area contributed by atoms with Gasteiger partial charge in [-0.25, -0.2) is 9.59 Å². The minimum absolute atomic E-state index is 0.164. The Hall–Kier alpha value is -1.30. The predicted molar refractivity (Wildman–Crippen MR) is 68.9 cm³/mol. The molecule has 2 rings (SSSR count). The second-order valence-corrected chi connectivity index (χ2v) is 5.35. The summed E-state index contributed by atoms with van der Waals surface area (Å²) < 4.78 is 5.44. The van der Waals surface area contributed by atoms with Crippen LogP contribution < -0.4 is 5.32 Å². The van der Waals surface area contributed by atoms with Crippen molar-refractivity contribution in [3.63, 3.8) is 0 Å². The minimum Gasteiger partial charge on any atom is -0.480 e. The zero-order valence-corrected chi connectivity index (χ0v) is 11.3. The highest BCUT2D eigenvalue weighted by Gasteiger charge is 2.32. The quantitative estimate of drug-likeness (QED) is 0.803. The van der Waals surface area contributed by atoms with Gasteiger partial charge in [0, 0.05) is 25.6 Å². The molecule has 0 bridgehead atoms. The van der Waals surface area contributed by atoms with Crippen LogP contribution in [-0.4, -0.2) is 53.8 Å². The van der Waals surface area contributed by atoms with Crippen molar-refractivity contribution in [2.24, 2.45) is 5.92 Å². The van der Waals surface area contributed by atoms with Crippen LogP contribution in [0.2, 0.25) is 0 Å². The van der Waals surface area contributed by atoms with Gasteiger partial charge in [0.25, 0.3) is 0 Å². The molecule has 0 aromatic rings. The SMILES string of the molecule is CC1OCCC1CNC(=O)N1CCCCC1C(=O)O. The summed E-state index contributed by atoms with van der Waals surface area (Å²) in [7, 11) is 0. The fourth-order valence-electron chi connectivity index (χ4n) is 2.80. The van der Waals surface area contributed by atoms with E-state index >= 15 is 0 Å². The molecule has 2 aliphatic heterocycles. The number of likely N-dealkylation sites (tertiary alicyclic amines) is 1. The Morgan fingerprint density at radius 2 is 2.16 bits per heavy atom. The van der Waals surface area contributed by atoms with Gasteiger partial charge in [-0.2, -0.15) is 0 Å². The average molecular weight is 270 g/mol. The lowest BCUT2D eigenvalue weighted by Gasteiger charge is -2.33. The van der Waals surface area contributed by atoms with Crippen LogP contribution in [-0.2, 0) is 9.53 Å². The third-order valence-corrected chi connectivity index (χ3v) is 4.10. The molecule has 0 spiro atoms. The first-order valence-corrected chi connectivity index (χ1v) is 6.98. The third kappa shape index (κ3) is 3.37. The number of carbonyl (C=O) groups excluding carboxylic acids is 1. The molecule has 0 aromatic carbocycles. The van der Waals surface area contributed by atoms with Gasteiger partial charge >= 0.3 is 12.0 Å². The maximum absolute atomic E-state index is 12.1. The van der Waals surface area contributed by atoms with Crippen LogP contribution >= 0.6 is 0 Å². The van der Waals surface area contributed by atoms with Gasteiger partial charge in [0.2, 0.25) is 0 Å². The van der Waals surface area contributed by atoms with E-state index in [1.165, 1.54) is 4.90 Å². The molecule has 0 aliphatic carbocycles. The van der Waals surface area contributed by atoms with E-state index in [1.807, 2.05) is 6.92 Å². The van der Waals surface area contributed by atoms with Crippen molar-refractivity contribution in [2.45, 2.75) is 44.8 Å². The van der Waals surface area contributed by atoms with Gasteiger partial charge in [-0.05, 0) is 32.6 Å². The molecule has 0 radical (unpaired) electrons. The number of ether oxygens (including phenoxy) is 1. The normalized spacial score (nSPS) is 31.2. The molecule has 2 fully saturated rings. The highest BCUT2D eigenvalue weighted by molar-refractivity contribution is 5.82. The van der Waals surface area contributed by atoms with E-state index in [2.05, 4.69) is 5.32 Å². The maximum Gasteiger partial charge on any atom is 0.326 e. The topological polar surface area (TPSA) is 78.9 Å². The largest absolute Gasteiger partial charge is 0.480 e. The van der Waals surface area contributed by atoms with Crippen LogP contribution in [0.15, 0.2) is 0 Å². The van der Waals surface area contributed by atoms with Crippen LogP contribution in [0.4, 0.5) is 4.79 Å².